The third kappa shape index (κ3) is 6.37. The molecule has 11 heteroatoms. The number of aryl methyl sites for hydroxylation is 1. The molecule has 35 heavy (non-hydrogen) atoms. The van der Waals surface area contributed by atoms with Crippen molar-refractivity contribution in [3.05, 3.63) is 89.2 Å². The van der Waals surface area contributed by atoms with Gasteiger partial charge in [0.25, 0.3) is 0 Å². The van der Waals surface area contributed by atoms with Crippen LogP contribution in [-0.2, 0) is 27.5 Å². The number of hydrogen-bond acceptors (Lipinski definition) is 4. The maximum atomic E-state index is 13.6. The van der Waals surface area contributed by atoms with Gasteiger partial charge in [-0.25, -0.2) is 12.8 Å². The van der Waals surface area contributed by atoms with E-state index in [-0.39, 0.29) is 22.9 Å². The van der Waals surface area contributed by atoms with Crippen molar-refractivity contribution in [2.24, 2.45) is 0 Å². The number of nitrogens with zero attached hydrogens (tertiary/aromatic N) is 1. The Morgan fingerprint density at radius 2 is 1.71 bits per heavy atom. The number of halogens is 4. The van der Waals surface area contributed by atoms with E-state index in [1.54, 1.807) is 43.3 Å². The number of methoxy groups -OCH3 is 1. The first kappa shape index (κ1) is 26.2. The van der Waals surface area contributed by atoms with Gasteiger partial charge in [0, 0.05) is 12.2 Å². The van der Waals surface area contributed by atoms with Gasteiger partial charge in [0.05, 0.1) is 19.2 Å². The minimum atomic E-state index is -4.96. The highest BCUT2D eigenvalue weighted by molar-refractivity contribution is 7.89. The number of alkyl halides is 3. The molecule has 0 aliphatic carbocycles. The predicted octanol–water partition coefficient (Wildman–Crippen LogP) is 4.99. The van der Waals surface area contributed by atoms with Crippen molar-refractivity contribution in [2.45, 2.75) is 24.5 Å². The van der Waals surface area contributed by atoms with E-state index in [1.807, 2.05) is 0 Å². The lowest BCUT2D eigenvalue weighted by molar-refractivity contribution is -0.140. The first-order valence-corrected chi connectivity index (χ1v) is 11.7. The largest absolute Gasteiger partial charge is 0.495 e. The molecule has 0 bridgehead atoms. The second kappa shape index (κ2) is 10.4. The van der Waals surface area contributed by atoms with Crippen molar-refractivity contribution in [1.82, 2.24) is 4.31 Å². The fourth-order valence-corrected chi connectivity index (χ4v) is 4.94. The molecule has 186 valence electrons. The SMILES string of the molecule is COc1ccc(C)cc1S(=O)(=O)N(CC(=O)Nc1ccc(F)c(C(F)(F)F)c1)Cc1ccccc1. The van der Waals surface area contributed by atoms with Gasteiger partial charge >= 0.3 is 6.18 Å². The van der Waals surface area contributed by atoms with Crippen LogP contribution < -0.4 is 10.1 Å². The van der Waals surface area contributed by atoms with Crippen LogP contribution in [0.3, 0.4) is 0 Å². The summed E-state index contributed by atoms with van der Waals surface area (Å²) in [5, 5.41) is 2.22. The van der Waals surface area contributed by atoms with Gasteiger partial charge in [-0.1, -0.05) is 36.4 Å². The molecule has 0 saturated carbocycles. The van der Waals surface area contributed by atoms with E-state index in [0.29, 0.717) is 23.3 Å². The summed E-state index contributed by atoms with van der Waals surface area (Å²) in [4.78, 5) is 12.6. The van der Waals surface area contributed by atoms with E-state index in [9.17, 15) is 30.8 Å². The average molecular weight is 511 g/mol. The van der Waals surface area contributed by atoms with Gasteiger partial charge < -0.3 is 10.1 Å². The zero-order valence-corrected chi connectivity index (χ0v) is 19.6. The molecule has 0 saturated heterocycles. The Bertz CT molecular complexity index is 1310. The third-order valence-electron chi connectivity index (χ3n) is 5.01. The van der Waals surface area contributed by atoms with E-state index in [0.717, 1.165) is 10.4 Å². The molecule has 3 rings (SSSR count). The van der Waals surface area contributed by atoms with Crippen LogP contribution in [0.5, 0.6) is 5.75 Å². The summed E-state index contributed by atoms with van der Waals surface area (Å²) < 4.78 is 85.8. The third-order valence-corrected chi connectivity index (χ3v) is 6.83. The molecular weight excluding hydrogens is 488 g/mol. The molecule has 0 spiro atoms. The zero-order valence-electron chi connectivity index (χ0n) is 18.8. The van der Waals surface area contributed by atoms with Crippen LogP contribution in [0.25, 0.3) is 0 Å². The van der Waals surface area contributed by atoms with Gasteiger partial charge in [-0.3, -0.25) is 4.79 Å². The maximum Gasteiger partial charge on any atom is 0.419 e. The van der Waals surface area contributed by atoms with Gasteiger partial charge in [-0.2, -0.15) is 17.5 Å². The number of rotatable bonds is 8. The van der Waals surface area contributed by atoms with Crippen molar-refractivity contribution in [3.63, 3.8) is 0 Å². The second-order valence-electron chi connectivity index (χ2n) is 7.65. The van der Waals surface area contributed by atoms with Gasteiger partial charge in [0.1, 0.15) is 16.5 Å². The van der Waals surface area contributed by atoms with Crippen molar-refractivity contribution in [2.75, 3.05) is 19.0 Å². The van der Waals surface area contributed by atoms with E-state index in [2.05, 4.69) is 5.32 Å². The molecule has 1 amide bonds. The normalized spacial score (nSPS) is 12.0. The lowest BCUT2D eigenvalue weighted by atomic mass is 10.2. The summed E-state index contributed by atoms with van der Waals surface area (Å²) in [6.45, 7) is 0.789. The molecule has 1 N–H and O–H groups in total. The molecule has 0 aromatic heterocycles. The lowest BCUT2D eigenvalue weighted by Gasteiger charge is -2.23. The molecule has 6 nitrogen and oxygen atoms in total. The quantitative estimate of drug-likeness (QED) is 0.433. The van der Waals surface area contributed by atoms with Crippen LogP contribution in [-0.4, -0.2) is 32.3 Å². The Hall–Kier alpha value is -3.44. The fraction of sp³-hybridized carbons (Fsp3) is 0.208. The number of carbonyl (C=O) groups is 1. The second-order valence-corrected chi connectivity index (χ2v) is 9.56. The number of carbonyl (C=O) groups excluding carboxylic acids is 1. The molecule has 0 fully saturated rings. The van der Waals surface area contributed by atoms with Gasteiger partial charge in [0.2, 0.25) is 15.9 Å². The van der Waals surface area contributed by atoms with E-state index < -0.39 is 40.0 Å². The standard InChI is InChI=1S/C24H22F4N2O4S/c1-16-8-11-21(34-2)22(12-16)35(32,33)30(14-17-6-4-3-5-7-17)15-23(31)29-18-9-10-20(25)19(13-18)24(26,27)28/h3-13H,14-15H2,1-2H3,(H,29,31). The summed E-state index contributed by atoms with van der Waals surface area (Å²) in [6.07, 6.45) is -4.96. The number of ether oxygens (including phenoxy) is 1. The van der Waals surface area contributed by atoms with Crippen LogP contribution in [0, 0.1) is 12.7 Å². The molecular formula is C24H22F4N2O4S. The zero-order chi connectivity index (χ0) is 25.8. The molecule has 3 aromatic rings. The van der Waals surface area contributed by atoms with Gasteiger partial charge in [0.15, 0.2) is 0 Å². The first-order valence-electron chi connectivity index (χ1n) is 10.3. The smallest absolute Gasteiger partial charge is 0.419 e. The first-order chi connectivity index (χ1) is 16.4. The van der Waals surface area contributed by atoms with Crippen LogP contribution in [0.15, 0.2) is 71.6 Å². The summed E-state index contributed by atoms with van der Waals surface area (Å²) in [7, 11) is -2.97. The topological polar surface area (TPSA) is 75.7 Å². The summed E-state index contributed by atoms with van der Waals surface area (Å²) in [5.74, 6) is -2.33. The Balaban J connectivity index is 1.94. The molecule has 0 heterocycles. The van der Waals surface area contributed by atoms with Crippen molar-refractivity contribution in [1.29, 1.82) is 0 Å². The fourth-order valence-electron chi connectivity index (χ4n) is 3.32. The van der Waals surface area contributed by atoms with E-state index in [1.165, 1.54) is 19.2 Å². The van der Waals surface area contributed by atoms with Crippen LogP contribution in [0.2, 0.25) is 0 Å². The minimum absolute atomic E-state index is 0.0717. The molecule has 0 radical (unpaired) electrons. The summed E-state index contributed by atoms with van der Waals surface area (Å²) in [6, 6.07) is 15.0. The highest BCUT2D eigenvalue weighted by Crippen LogP contribution is 2.33. The molecule has 0 aliphatic heterocycles. The predicted molar refractivity (Wildman–Crippen MR) is 122 cm³/mol. The monoisotopic (exact) mass is 510 g/mol. The van der Waals surface area contributed by atoms with Crippen molar-refractivity contribution >= 4 is 21.6 Å². The Morgan fingerprint density at radius 3 is 2.34 bits per heavy atom. The number of amides is 1. The number of benzene rings is 3. The molecule has 3 aromatic carbocycles. The number of anilines is 1. The Kier molecular flexibility index (Phi) is 7.81. The number of hydrogen-bond donors (Lipinski definition) is 1. The highest BCUT2D eigenvalue weighted by Gasteiger charge is 2.35. The van der Waals surface area contributed by atoms with Gasteiger partial charge in [-0.05, 0) is 48.4 Å². The van der Waals surface area contributed by atoms with Crippen molar-refractivity contribution in [3.8, 4) is 5.75 Å². The van der Waals surface area contributed by atoms with Crippen LogP contribution in [0.1, 0.15) is 16.7 Å². The van der Waals surface area contributed by atoms with E-state index >= 15 is 0 Å². The lowest BCUT2D eigenvalue weighted by Crippen LogP contribution is -2.37. The molecule has 0 atom stereocenters. The van der Waals surface area contributed by atoms with Crippen molar-refractivity contribution < 1.29 is 35.5 Å². The van der Waals surface area contributed by atoms with Gasteiger partial charge in [-0.15, -0.1) is 0 Å². The Morgan fingerprint density at radius 1 is 1.03 bits per heavy atom. The minimum Gasteiger partial charge on any atom is -0.495 e. The highest BCUT2D eigenvalue weighted by atomic mass is 32.2. The number of sulfonamides is 1. The molecule has 0 unspecified atom stereocenters. The maximum absolute atomic E-state index is 13.6. The number of nitrogens with one attached hydrogen (secondary N) is 1. The Labute approximate surface area is 200 Å². The van der Waals surface area contributed by atoms with Crippen LogP contribution >= 0.6 is 0 Å². The van der Waals surface area contributed by atoms with E-state index in [4.69, 9.17) is 4.74 Å². The average Bonchev–Trinajstić information content (AvgIpc) is 2.79. The molecule has 0 aliphatic rings. The summed E-state index contributed by atoms with van der Waals surface area (Å²) in [5.41, 5.74) is -0.654. The van der Waals surface area contributed by atoms with Crippen LogP contribution in [0.4, 0.5) is 23.2 Å². The summed E-state index contributed by atoms with van der Waals surface area (Å²) >= 11 is 0.